The lowest BCUT2D eigenvalue weighted by Crippen LogP contribution is -2.57. The smallest absolute Gasteiger partial charge is 0.0221 e. The lowest BCUT2D eigenvalue weighted by Gasteiger charge is -2.44. The van der Waals surface area contributed by atoms with Crippen molar-refractivity contribution < 1.29 is 0 Å². The Kier molecular flexibility index (Phi) is 6.78. The zero-order chi connectivity index (χ0) is 14.5. The average molecular weight is 269 g/mol. The van der Waals surface area contributed by atoms with Gasteiger partial charge in [-0.2, -0.15) is 0 Å². The van der Waals surface area contributed by atoms with Gasteiger partial charge in [0.1, 0.15) is 0 Å². The third-order valence-corrected chi connectivity index (χ3v) is 4.16. The zero-order valence-electron chi connectivity index (χ0n) is 14.0. The van der Waals surface area contributed by atoms with Crippen LogP contribution in [0.1, 0.15) is 54.4 Å². The van der Waals surface area contributed by atoms with Crippen LogP contribution in [-0.2, 0) is 0 Å². The molecule has 1 rings (SSSR count). The minimum atomic E-state index is 0.322. The van der Waals surface area contributed by atoms with Crippen LogP contribution in [0.2, 0.25) is 0 Å². The number of hydrogen-bond acceptors (Lipinski definition) is 3. The third kappa shape index (κ3) is 5.80. The molecule has 1 atom stereocenters. The summed E-state index contributed by atoms with van der Waals surface area (Å²) in [6.45, 7) is 19.8. The summed E-state index contributed by atoms with van der Waals surface area (Å²) < 4.78 is 0. The largest absolute Gasteiger partial charge is 0.313 e. The Bertz CT molecular complexity index is 237. The minimum absolute atomic E-state index is 0.322. The Labute approximate surface area is 120 Å². The SMILES string of the molecule is CCCC(CNC(C)C)N1CCN(C(C)(C)C)CC1. The molecular formula is C16H35N3. The van der Waals surface area contributed by atoms with E-state index in [2.05, 4.69) is 56.7 Å². The highest BCUT2D eigenvalue weighted by Crippen LogP contribution is 2.18. The maximum absolute atomic E-state index is 3.61. The summed E-state index contributed by atoms with van der Waals surface area (Å²) >= 11 is 0. The Morgan fingerprint density at radius 1 is 1.05 bits per heavy atom. The fraction of sp³-hybridized carbons (Fsp3) is 1.00. The molecule has 3 heteroatoms. The molecule has 19 heavy (non-hydrogen) atoms. The van der Waals surface area contributed by atoms with Crippen molar-refractivity contribution in [3.8, 4) is 0 Å². The van der Waals surface area contributed by atoms with E-state index in [0.717, 1.165) is 12.6 Å². The van der Waals surface area contributed by atoms with E-state index in [1.807, 2.05) is 0 Å². The molecule has 0 saturated carbocycles. The molecule has 0 aromatic heterocycles. The van der Waals surface area contributed by atoms with E-state index < -0.39 is 0 Å². The quantitative estimate of drug-likeness (QED) is 0.799. The molecular weight excluding hydrogens is 234 g/mol. The van der Waals surface area contributed by atoms with Crippen molar-refractivity contribution in [2.75, 3.05) is 32.7 Å². The number of rotatable bonds is 6. The first kappa shape index (κ1) is 16.9. The third-order valence-electron chi connectivity index (χ3n) is 4.16. The molecule has 0 aromatic rings. The van der Waals surface area contributed by atoms with E-state index >= 15 is 0 Å². The van der Waals surface area contributed by atoms with Gasteiger partial charge in [0.2, 0.25) is 0 Å². The molecule has 0 radical (unpaired) electrons. The minimum Gasteiger partial charge on any atom is -0.313 e. The topological polar surface area (TPSA) is 18.5 Å². The van der Waals surface area contributed by atoms with E-state index in [0.29, 0.717) is 11.6 Å². The van der Waals surface area contributed by atoms with E-state index in [4.69, 9.17) is 0 Å². The number of nitrogens with one attached hydrogen (secondary N) is 1. The maximum Gasteiger partial charge on any atom is 0.0221 e. The van der Waals surface area contributed by atoms with Gasteiger partial charge in [0.15, 0.2) is 0 Å². The Morgan fingerprint density at radius 2 is 1.63 bits per heavy atom. The van der Waals surface area contributed by atoms with Crippen LogP contribution in [0.25, 0.3) is 0 Å². The Hall–Kier alpha value is -0.120. The monoisotopic (exact) mass is 269 g/mol. The van der Waals surface area contributed by atoms with Crippen LogP contribution in [0.3, 0.4) is 0 Å². The second kappa shape index (κ2) is 7.61. The summed E-state index contributed by atoms with van der Waals surface area (Å²) in [6, 6.07) is 1.31. The summed E-state index contributed by atoms with van der Waals surface area (Å²) in [5.41, 5.74) is 0.322. The molecule has 1 heterocycles. The van der Waals surface area contributed by atoms with E-state index in [1.54, 1.807) is 0 Å². The highest BCUT2D eigenvalue weighted by Gasteiger charge is 2.28. The predicted octanol–water partition coefficient (Wildman–Crippen LogP) is 2.57. The molecule has 1 aliphatic rings. The lowest BCUT2D eigenvalue weighted by atomic mass is 10.0. The average Bonchev–Trinajstić information content (AvgIpc) is 2.33. The van der Waals surface area contributed by atoms with Crippen molar-refractivity contribution in [3.63, 3.8) is 0 Å². The molecule has 114 valence electrons. The number of piperazine rings is 1. The molecule has 0 aliphatic carbocycles. The normalized spacial score (nSPS) is 21.0. The lowest BCUT2D eigenvalue weighted by molar-refractivity contribution is 0.0394. The molecule has 1 saturated heterocycles. The first-order valence-corrected chi connectivity index (χ1v) is 8.07. The van der Waals surface area contributed by atoms with Gasteiger partial charge in [0.05, 0.1) is 0 Å². The molecule has 1 N–H and O–H groups in total. The van der Waals surface area contributed by atoms with Gasteiger partial charge in [-0.05, 0) is 27.2 Å². The van der Waals surface area contributed by atoms with E-state index in [-0.39, 0.29) is 0 Å². The fourth-order valence-electron chi connectivity index (χ4n) is 2.88. The molecule has 1 unspecified atom stereocenters. The van der Waals surface area contributed by atoms with Crippen LogP contribution in [0.15, 0.2) is 0 Å². The molecule has 0 aromatic carbocycles. The van der Waals surface area contributed by atoms with Gasteiger partial charge < -0.3 is 5.32 Å². The molecule has 1 aliphatic heterocycles. The highest BCUT2D eigenvalue weighted by molar-refractivity contribution is 4.85. The van der Waals surface area contributed by atoms with Gasteiger partial charge in [-0.1, -0.05) is 27.2 Å². The van der Waals surface area contributed by atoms with Crippen LogP contribution in [0.4, 0.5) is 0 Å². The van der Waals surface area contributed by atoms with Crippen LogP contribution in [0.5, 0.6) is 0 Å². The van der Waals surface area contributed by atoms with Crippen molar-refractivity contribution in [2.45, 2.75) is 72.0 Å². The van der Waals surface area contributed by atoms with Crippen LogP contribution in [-0.4, -0.2) is 60.1 Å². The maximum atomic E-state index is 3.61. The predicted molar refractivity (Wildman–Crippen MR) is 84.7 cm³/mol. The van der Waals surface area contributed by atoms with Crippen molar-refractivity contribution in [1.82, 2.24) is 15.1 Å². The van der Waals surface area contributed by atoms with Gasteiger partial charge in [0, 0.05) is 50.3 Å². The summed E-state index contributed by atoms with van der Waals surface area (Å²) in [4.78, 5) is 5.31. The summed E-state index contributed by atoms with van der Waals surface area (Å²) in [5.74, 6) is 0. The second-order valence-electron chi connectivity index (χ2n) is 7.20. The van der Waals surface area contributed by atoms with Crippen molar-refractivity contribution in [3.05, 3.63) is 0 Å². The summed E-state index contributed by atoms with van der Waals surface area (Å²) in [7, 11) is 0. The molecule has 3 nitrogen and oxygen atoms in total. The standard InChI is InChI=1S/C16H35N3/c1-7-8-15(13-17-14(2)3)18-9-11-19(12-10-18)16(4,5)6/h14-15,17H,7-13H2,1-6H3. The van der Waals surface area contributed by atoms with Gasteiger partial charge in [-0.15, -0.1) is 0 Å². The van der Waals surface area contributed by atoms with E-state index in [9.17, 15) is 0 Å². The van der Waals surface area contributed by atoms with Gasteiger partial charge in [-0.25, -0.2) is 0 Å². The van der Waals surface area contributed by atoms with Gasteiger partial charge in [-0.3, -0.25) is 9.80 Å². The first-order chi connectivity index (χ1) is 8.84. The van der Waals surface area contributed by atoms with Crippen LogP contribution >= 0.6 is 0 Å². The second-order valence-corrected chi connectivity index (χ2v) is 7.20. The molecule has 0 bridgehead atoms. The van der Waals surface area contributed by atoms with Gasteiger partial charge >= 0.3 is 0 Å². The Morgan fingerprint density at radius 3 is 2.05 bits per heavy atom. The molecule has 1 fully saturated rings. The summed E-state index contributed by atoms with van der Waals surface area (Å²) in [6.07, 6.45) is 2.60. The molecule has 0 spiro atoms. The molecule has 0 amide bonds. The zero-order valence-corrected chi connectivity index (χ0v) is 14.0. The fourth-order valence-corrected chi connectivity index (χ4v) is 2.88. The first-order valence-electron chi connectivity index (χ1n) is 8.07. The number of hydrogen-bond donors (Lipinski definition) is 1. The van der Waals surface area contributed by atoms with Crippen LogP contribution < -0.4 is 5.32 Å². The Balaban J connectivity index is 2.45. The van der Waals surface area contributed by atoms with Gasteiger partial charge in [0.25, 0.3) is 0 Å². The number of nitrogens with zero attached hydrogens (tertiary/aromatic N) is 2. The van der Waals surface area contributed by atoms with Crippen LogP contribution in [0, 0.1) is 0 Å². The van der Waals surface area contributed by atoms with Crippen molar-refractivity contribution in [1.29, 1.82) is 0 Å². The highest BCUT2D eigenvalue weighted by atomic mass is 15.3. The van der Waals surface area contributed by atoms with E-state index in [1.165, 1.54) is 39.0 Å². The summed E-state index contributed by atoms with van der Waals surface area (Å²) in [5, 5.41) is 3.61. The van der Waals surface area contributed by atoms with Crippen molar-refractivity contribution >= 4 is 0 Å². The van der Waals surface area contributed by atoms with Crippen molar-refractivity contribution in [2.24, 2.45) is 0 Å².